The average Bonchev–Trinajstić information content (AvgIpc) is 2.83. The summed E-state index contributed by atoms with van der Waals surface area (Å²) < 4.78 is 2.10. The second kappa shape index (κ2) is 4.87. The number of nitrogens with zero attached hydrogens (tertiary/aromatic N) is 3. The van der Waals surface area contributed by atoms with Gasteiger partial charge in [0.2, 0.25) is 5.91 Å². The molecule has 1 saturated heterocycles. The first-order chi connectivity index (χ1) is 8.19. The van der Waals surface area contributed by atoms with E-state index in [0.29, 0.717) is 13.0 Å². The van der Waals surface area contributed by atoms with Gasteiger partial charge in [0, 0.05) is 25.6 Å². The molecule has 0 aromatic carbocycles. The minimum absolute atomic E-state index is 0.0125. The summed E-state index contributed by atoms with van der Waals surface area (Å²) in [5.74, 6) is 0.147. The summed E-state index contributed by atoms with van der Waals surface area (Å²) in [4.78, 5) is 17.8. The van der Waals surface area contributed by atoms with Crippen LogP contribution in [0.5, 0.6) is 0 Å². The molecule has 2 unspecified atom stereocenters. The molecule has 5 nitrogen and oxygen atoms in total. The van der Waals surface area contributed by atoms with E-state index >= 15 is 0 Å². The fraction of sp³-hybridized carbons (Fsp3) is 0.667. The van der Waals surface area contributed by atoms with Crippen molar-refractivity contribution >= 4 is 5.91 Å². The van der Waals surface area contributed by atoms with Gasteiger partial charge in [-0.2, -0.15) is 0 Å². The molecule has 1 aromatic heterocycles. The highest BCUT2D eigenvalue weighted by Crippen LogP contribution is 2.31. The number of amides is 1. The summed E-state index contributed by atoms with van der Waals surface area (Å²) in [6, 6.07) is -0.128. The van der Waals surface area contributed by atoms with Crippen LogP contribution < -0.4 is 5.73 Å². The normalized spacial score (nSPS) is 24.6. The number of aromatic nitrogens is 2. The van der Waals surface area contributed by atoms with Crippen molar-refractivity contribution < 1.29 is 4.79 Å². The number of likely N-dealkylation sites (tertiary alicyclic amines) is 1. The molecule has 1 aromatic rings. The van der Waals surface area contributed by atoms with E-state index < -0.39 is 0 Å². The van der Waals surface area contributed by atoms with E-state index in [4.69, 9.17) is 5.73 Å². The Morgan fingerprint density at radius 2 is 2.29 bits per heavy atom. The molecule has 94 valence electrons. The topological polar surface area (TPSA) is 64.2 Å². The number of carbonyl (C=O) groups is 1. The number of aryl methyl sites for hydroxylation is 1. The van der Waals surface area contributed by atoms with Gasteiger partial charge < -0.3 is 15.2 Å². The molecule has 0 bridgehead atoms. The third kappa shape index (κ3) is 2.07. The van der Waals surface area contributed by atoms with Crippen LogP contribution in [-0.4, -0.2) is 32.9 Å². The van der Waals surface area contributed by atoms with Crippen LogP contribution in [0.3, 0.4) is 0 Å². The molecule has 1 amide bonds. The van der Waals surface area contributed by atoms with E-state index in [-0.39, 0.29) is 18.0 Å². The minimum atomic E-state index is -0.116. The van der Waals surface area contributed by atoms with Gasteiger partial charge in [0.15, 0.2) is 0 Å². The summed E-state index contributed by atoms with van der Waals surface area (Å²) >= 11 is 0. The van der Waals surface area contributed by atoms with E-state index in [1.165, 1.54) is 0 Å². The highest BCUT2D eigenvalue weighted by atomic mass is 16.2. The molecular weight excluding hydrogens is 216 g/mol. The van der Waals surface area contributed by atoms with Crippen LogP contribution in [0.2, 0.25) is 0 Å². The Bertz CT molecular complexity index is 401. The van der Waals surface area contributed by atoms with Gasteiger partial charge in [0.1, 0.15) is 0 Å². The second-order valence-corrected chi connectivity index (χ2v) is 4.50. The maximum Gasteiger partial charge on any atom is 0.224 e. The lowest BCUT2D eigenvalue weighted by molar-refractivity contribution is -0.128. The van der Waals surface area contributed by atoms with Crippen molar-refractivity contribution in [1.82, 2.24) is 14.5 Å². The van der Waals surface area contributed by atoms with Crippen molar-refractivity contribution in [3.05, 3.63) is 18.2 Å². The third-order valence-corrected chi connectivity index (χ3v) is 3.32. The lowest BCUT2D eigenvalue weighted by Crippen LogP contribution is -2.34. The Hall–Kier alpha value is -1.36. The number of hydrogen-bond donors (Lipinski definition) is 1. The van der Waals surface area contributed by atoms with E-state index in [9.17, 15) is 4.79 Å². The third-order valence-electron chi connectivity index (χ3n) is 3.32. The largest absolute Gasteiger partial charge is 0.333 e. The van der Waals surface area contributed by atoms with Crippen molar-refractivity contribution in [2.24, 2.45) is 5.73 Å². The van der Waals surface area contributed by atoms with Gasteiger partial charge >= 0.3 is 0 Å². The smallest absolute Gasteiger partial charge is 0.224 e. The fourth-order valence-electron chi connectivity index (χ4n) is 2.57. The standard InChI is InChI=1S/C12H20N4O/c1-3-5-15-8-14-7-10(15)12-9(13)6-11(17)16(12)4-2/h7-9,12H,3-6,13H2,1-2H3. The quantitative estimate of drug-likeness (QED) is 0.845. The Morgan fingerprint density at radius 3 is 2.94 bits per heavy atom. The monoisotopic (exact) mass is 236 g/mol. The number of likely N-dealkylation sites (N-methyl/N-ethyl adjacent to an activating group) is 1. The average molecular weight is 236 g/mol. The van der Waals surface area contributed by atoms with Gasteiger partial charge in [-0.25, -0.2) is 4.98 Å². The molecular formula is C12H20N4O. The Labute approximate surface area is 102 Å². The molecule has 0 radical (unpaired) electrons. The summed E-state index contributed by atoms with van der Waals surface area (Å²) in [6.07, 6.45) is 5.14. The molecule has 5 heteroatoms. The van der Waals surface area contributed by atoms with Crippen LogP contribution in [-0.2, 0) is 11.3 Å². The van der Waals surface area contributed by atoms with Gasteiger partial charge in [0.05, 0.1) is 24.3 Å². The number of hydrogen-bond acceptors (Lipinski definition) is 3. The minimum Gasteiger partial charge on any atom is -0.333 e. The number of nitrogens with two attached hydrogens (primary N) is 1. The molecule has 1 fully saturated rings. The van der Waals surface area contributed by atoms with Crippen LogP contribution in [0.4, 0.5) is 0 Å². The highest BCUT2D eigenvalue weighted by Gasteiger charge is 2.39. The number of rotatable bonds is 4. The van der Waals surface area contributed by atoms with Crippen molar-refractivity contribution in [2.45, 2.75) is 45.3 Å². The van der Waals surface area contributed by atoms with E-state index in [2.05, 4.69) is 16.5 Å². The zero-order valence-corrected chi connectivity index (χ0v) is 10.5. The molecule has 2 rings (SSSR count). The zero-order valence-electron chi connectivity index (χ0n) is 10.5. The van der Waals surface area contributed by atoms with E-state index in [0.717, 1.165) is 18.7 Å². The van der Waals surface area contributed by atoms with E-state index in [1.807, 2.05) is 24.3 Å². The predicted octanol–water partition coefficient (Wildman–Crippen LogP) is 0.914. The molecule has 1 aliphatic heterocycles. The molecule has 2 heterocycles. The molecule has 2 atom stereocenters. The van der Waals surface area contributed by atoms with Gasteiger partial charge in [-0.05, 0) is 13.3 Å². The van der Waals surface area contributed by atoms with Crippen LogP contribution in [0.15, 0.2) is 12.5 Å². The first kappa shape index (κ1) is 12.1. The molecule has 2 N–H and O–H groups in total. The molecule has 1 aliphatic rings. The first-order valence-electron chi connectivity index (χ1n) is 6.24. The highest BCUT2D eigenvalue weighted by molar-refractivity contribution is 5.80. The van der Waals surface area contributed by atoms with Crippen molar-refractivity contribution in [3.8, 4) is 0 Å². The van der Waals surface area contributed by atoms with Gasteiger partial charge in [-0.1, -0.05) is 6.92 Å². The lowest BCUT2D eigenvalue weighted by atomic mass is 10.1. The zero-order chi connectivity index (χ0) is 12.4. The Kier molecular flexibility index (Phi) is 3.47. The maximum absolute atomic E-state index is 11.8. The van der Waals surface area contributed by atoms with Gasteiger partial charge in [0.25, 0.3) is 0 Å². The molecule has 0 saturated carbocycles. The second-order valence-electron chi connectivity index (χ2n) is 4.50. The number of carbonyl (C=O) groups excluding carboxylic acids is 1. The van der Waals surface area contributed by atoms with Crippen LogP contribution in [0.1, 0.15) is 38.4 Å². The van der Waals surface area contributed by atoms with Crippen LogP contribution in [0.25, 0.3) is 0 Å². The molecule has 17 heavy (non-hydrogen) atoms. The van der Waals surface area contributed by atoms with Crippen LogP contribution in [0, 0.1) is 0 Å². The molecule has 0 spiro atoms. The van der Waals surface area contributed by atoms with Gasteiger partial charge in [-0.15, -0.1) is 0 Å². The summed E-state index contributed by atoms with van der Waals surface area (Å²) in [6.45, 7) is 5.74. The first-order valence-corrected chi connectivity index (χ1v) is 6.24. The maximum atomic E-state index is 11.8. The predicted molar refractivity (Wildman–Crippen MR) is 65.2 cm³/mol. The van der Waals surface area contributed by atoms with Crippen molar-refractivity contribution in [2.75, 3.05) is 6.54 Å². The summed E-state index contributed by atoms with van der Waals surface area (Å²) in [5, 5.41) is 0. The Morgan fingerprint density at radius 1 is 1.53 bits per heavy atom. The molecule has 0 aliphatic carbocycles. The Balaban J connectivity index is 2.30. The number of imidazole rings is 1. The lowest BCUT2D eigenvalue weighted by Gasteiger charge is -2.26. The summed E-state index contributed by atoms with van der Waals surface area (Å²) in [5.41, 5.74) is 7.15. The van der Waals surface area contributed by atoms with Gasteiger partial charge in [-0.3, -0.25) is 4.79 Å². The van der Waals surface area contributed by atoms with Crippen molar-refractivity contribution in [1.29, 1.82) is 0 Å². The van der Waals surface area contributed by atoms with Crippen LogP contribution >= 0.6 is 0 Å². The fourth-order valence-corrected chi connectivity index (χ4v) is 2.57. The van der Waals surface area contributed by atoms with E-state index in [1.54, 1.807) is 0 Å². The SMILES string of the molecule is CCCn1cncc1C1C(N)CC(=O)N1CC. The van der Waals surface area contributed by atoms with Crippen molar-refractivity contribution in [3.63, 3.8) is 0 Å². The summed E-state index contributed by atoms with van der Waals surface area (Å²) in [7, 11) is 0.